The quantitative estimate of drug-likeness (QED) is 0.170. The Morgan fingerprint density at radius 1 is 0.800 bits per heavy atom. The van der Waals surface area contributed by atoms with Crippen molar-refractivity contribution >= 4 is 43.5 Å². The molecule has 0 spiro atoms. The number of nitrogens with one attached hydrogen (secondary N) is 1. The van der Waals surface area contributed by atoms with E-state index in [0.29, 0.717) is 12.2 Å². The molecule has 45 heavy (non-hydrogen) atoms. The summed E-state index contributed by atoms with van der Waals surface area (Å²) in [6.07, 6.45) is 0.266. The fourth-order valence-corrected chi connectivity index (χ4v) is 6.58. The van der Waals surface area contributed by atoms with Gasteiger partial charge in [0, 0.05) is 24.0 Å². The fourth-order valence-electron chi connectivity index (χ4n) is 4.91. The highest BCUT2D eigenvalue weighted by molar-refractivity contribution is 9.10. The molecule has 236 valence electrons. The molecule has 1 atom stereocenters. The maximum Gasteiger partial charge on any atom is 0.264 e. The molecule has 0 radical (unpaired) electrons. The van der Waals surface area contributed by atoms with Gasteiger partial charge in [-0.15, -0.1) is 0 Å². The Balaban J connectivity index is 1.79. The molecule has 0 aromatic heterocycles. The number of amides is 2. The smallest absolute Gasteiger partial charge is 0.264 e. The lowest BCUT2D eigenvalue weighted by molar-refractivity contribution is -0.140. The summed E-state index contributed by atoms with van der Waals surface area (Å²) in [5.41, 5.74) is 3.84. The van der Waals surface area contributed by atoms with Gasteiger partial charge in [0.05, 0.1) is 10.6 Å². The highest BCUT2D eigenvalue weighted by Gasteiger charge is 2.34. The number of carbonyl (C=O) groups excluding carboxylic acids is 2. The van der Waals surface area contributed by atoms with E-state index < -0.39 is 28.5 Å². The summed E-state index contributed by atoms with van der Waals surface area (Å²) in [4.78, 5) is 30.0. The molecule has 0 unspecified atom stereocenters. The van der Waals surface area contributed by atoms with Crippen LogP contribution in [-0.4, -0.2) is 44.3 Å². The monoisotopic (exact) mass is 689 g/mol. The van der Waals surface area contributed by atoms with Crippen LogP contribution in [0.1, 0.15) is 36.1 Å². The highest BCUT2D eigenvalue weighted by atomic mass is 79.9. The molecule has 4 aromatic rings. The van der Waals surface area contributed by atoms with Crippen molar-refractivity contribution in [2.75, 3.05) is 17.4 Å². The van der Waals surface area contributed by atoms with Gasteiger partial charge in [-0.25, -0.2) is 8.42 Å². The summed E-state index contributed by atoms with van der Waals surface area (Å²) in [5, 5.41) is 3.01. The van der Waals surface area contributed by atoms with E-state index in [0.717, 1.165) is 31.0 Å². The summed E-state index contributed by atoms with van der Waals surface area (Å²) < 4.78 is 30.3. The van der Waals surface area contributed by atoms with Gasteiger partial charge in [-0.05, 0) is 72.9 Å². The average molecular weight is 691 g/mol. The van der Waals surface area contributed by atoms with Crippen LogP contribution in [0.4, 0.5) is 5.69 Å². The van der Waals surface area contributed by atoms with Crippen LogP contribution in [0.2, 0.25) is 0 Å². The van der Waals surface area contributed by atoms with E-state index in [4.69, 9.17) is 0 Å². The zero-order chi connectivity index (χ0) is 32.6. The number of aryl methyl sites for hydroxylation is 2. The lowest BCUT2D eigenvalue weighted by Gasteiger charge is -2.34. The van der Waals surface area contributed by atoms with Gasteiger partial charge in [0.2, 0.25) is 11.8 Å². The Morgan fingerprint density at radius 2 is 1.47 bits per heavy atom. The van der Waals surface area contributed by atoms with E-state index in [9.17, 15) is 18.0 Å². The van der Waals surface area contributed by atoms with Gasteiger partial charge in [-0.2, -0.15) is 0 Å². The van der Waals surface area contributed by atoms with E-state index >= 15 is 0 Å². The van der Waals surface area contributed by atoms with Crippen molar-refractivity contribution in [3.63, 3.8) is 0 Å². The SMILES string of the molecule is Cc1ccc(S(=O)(=O)N(CC(=O)N(Cc2ccc(Br)cc2)[C@H](Cc2ccccc2)C(=O)NCC(C)C)c2cccc(C)c2)cc1. The molecular weight excluding hydrogens is 650 g/mol. The first-order valence-electron chi connectivity index (χ1n) is 15.0. The molecule has 0 aliphatic carbocycles. The van der Waals surface area contributed by atoms with Crippen molar-refractivity contribution in [1.82, 2.24) is 10.2 Å². The minimum absolute atomic E-state index is 0.0809. The second-order valence-corrected chi connectivity index (χ2v) is 14.4. The maximum atomic E-state index is 14.5. The van der Waals surface area contributed by atoms with E-state index in [-0.39, 0.29) is 29.7 Å². The van der Waals surface area contributed by atoms with Gasteiger partial charge in [0.25, 0.3) is 10.0 Å². The highest BCUT2D eigenvalue weighted by Crippen LogP contribution is 2.26. The molecule has 2 amide bonds. The van der Waals surface area contributed by atoms with Gasteiger partial charge in [-0.1, -0.05) is 102 Å². The van der Waals surface area contributed by atoms with E-state index in [1.165, 1.54) is 4.90 Å². The Hall–Kier alpha value is -3.95. The maximum absolute atomic E-state index is 14.5. The second-order valence-electron chi connectivity index (χ2n) is 11.7. The van der Waals surface area contributed by atoms with Crippen LogP contribution in [0, 0.1) is 19.8 Å². The Labute approximate surface area is 275 Å². The number of benzene rings is 4. The molecule has 0 heterocycles. The van der Waals surface area contributed by atoms with E-state index in [1.807, 2.05) is 88.4 Å². The standard InChI is InChI=1S/C36H40BrN3O4S/c1-26(2)23-38-36(42)34(22-29-10-6-5-7-11-29)39(24-30-15-17-31(37)18-16-30)35(41)25-40(32-12-8-9-28(4)21-32)45(43,44)33-19-13-27(3)14-20-33/h5-21,26,34H,22-25H2,1-4H3,(H,38,42)/t34-/m1/s1. The number of anilines is 1. The summed E-state index contributed by atoms with van der Waals surface area (Å²) in [6, 6.07) is 29.8. The minimum atomic E-state index is -4.14. The zero-order valence-electron chi connectivity index (χ0n) is 26.1. The van der Waals surface area contributed by atoms with Gasteiger partial charge >= 0.3 is 0 Å². The van der Waals surface area contributed by atoms with Crippen molar-refractivity contribution in [3.05, 3.63) is 130 Å². The Morgan fingerprint density at radius 3 is 2.09 bits per heavy atom. The number of sulfonamides is 1. The number of nitrogens with zero attached hydrogens (tertiary/aromatic N) is 2. The molecule has 0 aliphatic heterocycles. The minimum Gasteiger partial charge on any atom is -0.354 e. The number of hydrogen-bond acceptors (Lipinski definition) is 4. The topological polar surface area (TPSA) is 86.8 Å². The molecule has 0 fully saturated rings. The Kier molecular flexibility index (Phi) is 11.6. The average Bonchev–Trinajstić information content (AvgIpc) is 3.01. The van der Waals surface area contributed by atoms with Crippen molar-refractivity contribution in [3.8, 4) is 0 Å². The number of hydrogen-bond donors (Lipinski definition) is 1. The first kappa shape index (κ1) is 33.9. The van der Waals surface area contributed by atoms with Crippen LogP contribution >= 0.6 is 15.9 Å². The molecule has 1 N–H and O–H groups in total. The van der Waals surface area contributed by atoms with E-state index in [2.05, 4.69) is 21.2 Å². The predicted octanol–water partition coefficient (Wildman–Crippen LogP) is 6.67. The molecule has 7 nitrogen and oxygen atoms in total. The molecule has 0 bridgehead atoms. The molecular formula is C36H40BrN3O4S. The molecule has 0 saturated heterocycles. The number of rotatable bonds is 13. The lowest BCUT2D eigenvalue weighted by Crippen LogP contribution is -2.53. The first-order chi connectivity index (χ1) is 21.4. The molecule has 0 saturated carbocycles. The third-order valence-corrected chi connectivity index (χ3v) is 9.72. The van der Waals surface area contributed by atoms with Crippen LogP contribution < -0.4 is 9.62 Å². The molecule has 0 aliphatic rings. The Bertz CT molecular complexity index is 1690. The predicted molar refractivity (Wildman–Crippen MR) is 183 cm³/mol. The lowest BCUT2D eigenvalue weighted by atomic mass is 10.0. The van der Waals surface area contributed by atoms with Gasteiger partial charge in [-0.3, -0.25) is 13.9 Å². The van der Waals surface area contributed by atoms with Crippen LogP contribution in [0.3, 0.4) is 0 Å². The van der Waals surface area contributed by atoms with Gasteiger partial charge in [0.15, 0.2) is 0 Å². The van der Waals surface area contributed by atoms with Crippen molar-refractivity contribution in [2.24, 2.45) is 5.92 Å². The van der Waals surface area contributed by atoms with Gasteiger partial charge < -0.3 is 10.2 Å². The number of halogens is 1. The normalized spacial score (nSPS) is 12.0. The van der Waals surface area contributed by atoms with Crippen LogP contribution in [0.5, 0.6) is 0 Å². The summed E-state index contributed by atoms with van der Waals surface area (Å²) in [6.45, 7) is 7.84. The molecule has 9 heteroatoms. The fraction of sp³-hybridized carbons (Fsp3) is 0.278. The second kappa shape index (κ2) is 15.4. The van der Waals surface area contributed by atoms with Gasteiger partial charge in [0.1, 0.15) is 12.6 Å². The third-order valence-electron chi connectivity index (χ3n) is 7.40. The van der Waals surface area contributed by atoms with Crippen molar-refractivity contribution < 1.29 is 18.0 Å². The molecule has 4 aromatic carbocycles. The summed E-state index contributed by atoms with van der Waals surface area (Å²) >= 11 is 3.47. The zero-order valence-corrected chi connectivity index (χ0v) is 28.5. The number of carbonyl (C=O) groups is 2. The van der Waals surface area contributed by atoms with Crippen molar-refractivity contribution in [1.29, 1.82) is 0 Å². The largest absolute Gasteiger partial charge is 0.354 e. The van der Waals surface area contributed by atoms with E-state index in [1.54, 1.807) is 42.5 Å². The van der Waals surface area contributed by atoms with Crippen LogP contribution in [0.25, 0.3) is 0 Å². The van der Waals surface area contributed by atoms with Crippen molar-refractivity contribution in [2.45, 2.75) is 51.6 Å². The molecule has 4 rings (SSSR count). The van der Waals surface area contributed by atoms with Crippen LogP contribution in [0.15, 0.2) is 112 Å². The third kappa shape index (κ3) is 9.28. The summed E-state index contributed by atoms with van der Waals surface area (Å²) in [7, 11) is -4.14. The first-order valence-corrected chi connectivity index (χ1v) is 17.2. The van der Waals surface area contributed by atoms with Crippen LogP contribution in [-0.2, 0) is 32.6 Å². The summed E-state index contributed by atoms with van der Waals surface area (Å²) in [5.74, 6) is -0.573.